The number of amides is 1. The molecule has 0 aliphatic carbocycles. The minimum Gasteiger partial charge on any atom is -0.268 e. The smallest absolute Gasteiger partial charge is 0.261 e. The zero-order chi connectivity index (χ0) is 9.68. The van der Waals surface area contributed by atoms with Crippen LogP contribution in [0, 0.1) is 0 Å². The van der Waals surface area contributed by atoms with Crippen LogP contribution in [-0.2, 0) is 4.79 Å². The molecular weight excluding hydrogens is 186 g/mol. The van der Waals surface area contributed by atoms with Crippen LogP contribution in [0.5, 0.6) is 0 Å². The first-order valence-corrected chi connectivity index (χ1v) is 4.26. The number of carbonyl (C=O) groups excluding carboxylic acids is 1. The van der Waals surface area contributed by atoms with Crippen LogP contribution in [0.15, 0.2) is 35.9 Å². The van der Waals surface area contributed by atoms with Crippen molar-refractivity contribution in [3.8, 4) is 0 Å². The highest BCUT2D eigenvalue weighted by Crippen LogP contribution is 2.05. The Hall–Kier alpha value is -1.28. The number of benzene rings is 1. The van der Waals surface area contributed by atoms with Crippen LogP contribution in [0.2, 0.25) is 0 Å². The van der Waals surface area contributed by atoms with Gasteiger partial charge in [0.15, 0.2) is 0 Å². The van der Waals surface area contributed by atoms with E-state index in [1.54, 1.807) is 13.0 Å². The molecule has 1 amide bonds. The van der Waals surface area contributed by atoms with Crippen LogP contribution >= 0.6 is 11.8 Å². The number of carbonyl (C=O) groups is 1. The summed E-state index contributed by atoms with van der Waals surface area (Å²) < 4.78 is 0. The molecule has 1 aromatic carbocycles. The maximum Gasteiger partial charge on any atom is 0.261 e. The van der Waals surface area contributed by atoms with E-state index in [2.05, 4.69) is 0 Å². The molecule has 0 bridgehead atoms. The SMILES string of the molecule is CC(=Cc1ccccc1)C(=O)NCl. The number of hydrogen-bond acceptors (Lipinski definition) is 1. The van der Waals surface area contributed by atoms with Gasteiger partial charge in [0.05, 0.1) is 0 Å². The van der Waals surface area contributed by atoms with Gasteiger partial charge in [0.1, 0.15) is 0 Å². The molecule has 0 aromatic heterocycles. The van der Waals surface area contributed by atoms with Gasteiger partial charge in [-0.25, -0.2) is 0 Å². The summed E-state index contributed by atoms with van der Waals surface area (Å²) in [7, 11) is 0. The van der Waals surface area contributed by atoms with Gasteiger partial charge in [0, 0.05) is 17.3 Å². The lowest BCUT2D eigenvalue weighted by Gasteiger charge is -1.97. The molecule has 0 heterocycles. The molecule has 0 unspecified atom stereocenters. The van der Waals surface area contributed by atoms with Gasteiger partial charge in [-0.05, 0) is 18.6 Å². The second-order valence-electron chi connectivity index (χ2n) is 2.66. The van der Waals surface area contributed by atoms with Crippen LogP contribution in [0.25, 0.3) is 6.08 Å². The summed E-state index contributed by atoms with van der Waals surface area (Å²) in [5, 5.41) is 0. The molecule has 2 nitrogen and oxygen atoms in total. The lowest BCUT2D eigenvalue weighted by atomic mass is 10.1. The molecule has 0 spiro atoms. The molecule has 0 aliphatic rings. The van der Waals surface area contributed by atoms with Gasteiger partial charge < -0.3 is 0 Å². The normalized spacial score (nSPS) is 11.1. The molecule has 3 heteroatoms. The first-order chi connectivity index (χ1) is 6.24. The Labute approximate surface area is 82.3 Å². The van der Waals surface area contributed by atoms with Crippen LogP contribution in [0.4, 0.5) is 0 Å². The summed E-state index contributed by atoms with van der Waals surface area (Å²) in [5.41, 5.74) is 1.57. The van der Waals surface area contributed by atoms with Crippen molar-refractivity contribution in [2.24, 2.45) is 0 Å². The van der Waals surface area contributed by atoms with Crippen LogP contribution in [-0.4, -0.2) is 5.91 Å². The fourth-order valence-electron chi connectivity index (χ4n) is 0.939. The standard InChI is InChI=1S/C10H10ClNO/c1-8(10(13)12-11)7-9-5-3-2-4-6-9/h2-7H,1H3,(H,12,13). The Balaban J connectivity index is 2.83. The molecule has 1 aromatic rings. The van der Waals surface area contributed by atoms with Crippen molar-refractivity contribution in [2.75, 3.05) is 0 Å². The molecular formula is C10H10ClNO. The number of rotatable bonds is 2. The first kappa shape index (κ1) is 9.81. The topological polar surface area (TPSA) is 29.1 Å². The predicted octanol–water partition coefficient (Wildman–Crippen LogP) is 2.36. The first-order valence-electron chi connectivity index (χ1n) is 3.88. The molecule has 1 rings (SSSR count). The average Bonchev–Trinajstić information content (AvgIpc) is 2.18. The molecule has 0 saturated carbocycles. The van der Waals surface area contributed by atoms with E-state index in [1.165, 1.54) is 0 Å². The van der Waals surface area contributed by atoms with Gasteiger partial charge in [0.2, 0.25) is 0 Å². The Morgan fingerprint density at radius 3 is 2.54 bits per heavy atom. The quantitative estimate of drug-likeness (QED) is 0.570. The lowest BCUT2D eigenvalue weighted by Crippen LogP contribution is -2.12. The summed E-state index contributed by atoms with van der Waals surface area (Å²) in [5.74, 6) is -0.273. The molecule has 0 saturated heterocycles. The molecule has 0 fully saturated rings. The third-order valence-electron chi connectivity index (χ3n) is 1.63. The number of halogens is 1. The molecule has 0 radical (unpaired) electrons. The van der Waals surface area contributed by atoms with Gasteiger partial charge in [-0.15, -0.1) is 0 Å². The molecule has 68 valence electrons. The summed E-state index contributed by atoms with van der Waals surface area (Å²) >= 11 is 5.17. The Kier molecular flexibility index (Phi) is 3.53. The predicted molar refractivity (Wildman–Crippen MR) is 54.1 cm³/mol. The van der Waals surface area contributed by atoms with E-state index in [0.717, 1.165) is 5.56 Å². The Bertz CT molecular complexity index is 319. The number of hydrogen-bond donors (Lipinski definition) is 1. The maximum absolute atomic E-state index is 11.0. The molecule has 0 atom stereocenters. The summed E-state index contributed by atoms with van der Waals surface area (Å²) in [6.07, 6.45) is 1.78. The highest BCUT2D eigenvalue weighted by molar-refractivity contribution is 6.24. The molecule has 13 heavy (non-hydrogen) atoms. The van der Waals surface area contributed by atoms with Crippen molar-refractivity contribution < 1.29 is 4.79 Å². The second-order valence-corrected chi connectivity index (χ2v) is 2.85. The van der Waals surface area contributed by atoms with Crippen molar-refractivity contribution in [3.63, 3.8) is 0 Å². The summed E-state index contributed by atoms with van der Waals surface area (Å²) in [6, 6.07) is 9.60. The average molecular weight is 196 g/mol. The van der Waals surface area contributed by atoms with Gasteiger partial charge in [-0.2, -0.15) is 0 Å². The van der Waals surface area contributed by atoms with Crippen LogP contribution in [0.1, 0.15) is 12.5 Å². The molecule has 1 N–H and O–H groups in total. The fourth-order valence-corrected chi connectivity index (χ4v) is 1.09. The zero-order valence-electron chi connectivity index (χ0n) is 7.25. The van der Waals surface area contributed by atoms with E-state index >= 15 is 0 Å². The van der Waals surface area contributed by atoms with E-state index in [1.807, 2.05) is 35.2 Å². The van der Waals surface area contributed by atoms with Gasteiger partial charge in [-0.3, -0.25) is 9.63 Å². The van der Waals surface area contributed by atoms with Crippen molar-refractivity contribution >= 4 is 23.8 Å². The monoisotopic (exact) mass is 195 g/mol. The number of nitrogens with one attached hydrogen (secondary N) is 1. The van der Waals surface area contributed by atoms with Crippen LogP contribution in [0.3, 0.4) is 0 Å². The molecule has 0 aliphatic heterocycles. The third kappa shape index (κ3) is 2.92. The fraction of sp³-hybridized carbons (Fsp3) is 0.100. The van der Waals surface area contributed by atoms with E-state index in [9.17, 15) is 4.79 Å². The van der Waals surface area contributed by atoms with Crippen molar-refractivity contribution in [2.45, 2.75) is 6.92 Å². The summed E-state index contributed by atoms with van der Waals surface area (Å²) in [6.45, 7) is 1.71. The van der Waals surface area contributed by atoms with Crippen molar-refractivity contribution in [1.82, 2.24) is 4.84 Å². The minimum absolute atomic E-state index is 0.273. The van der Waals surface area contributed by atoms with Gasteiger partial charge in [0.25, 0.3) is 5.91 Å². The van der Waals surface area contributed by atoms with E-state index in [4.69, 9.17) is 11.8 Å². The van der Waals surface area contributed by atoms with Crippen molar-refractivity contribution in [1.29, 1.82) is 0 Å². The van der Waals surface area contributed by atoms with E-state index < -0.39 is 0 Å². The van der Waals surface area contributed by atoms with E-state index in [0.29, 0.717) is 5.57 Å². The van der Waals surface area contributed by atoms with Gasteiger partial charge in [-0.1, -0.05) is 30.3 Å². The highest BCUT2D eigenvalue weighted by Gasteiger charge is 2.00. The largest absolute Gasteiger partial charge is 0.268 e. The minimum atomic E-state index is -0.273. The lowest BCUT2D eigenvalue weighted by molar-refractivity contribution is -0.115. The maximum atomic E-state index is 11.0. The van der Waals surface area contributed by atoms with Crippen LogP contribution < -0.4 is 4.84 Å². The second kappa shape index (κ2) is 4.67. The Morgan fingerprint density at radius 2 is 2.00 bits per heavy atom. The third-order valence-corrected chi connectivity index (χ3v) is 1.80. The summed E-state index contributed by atoms with van der Waals surface area (Å²) in [4.78, 5) is 13.1. The van der Waals surface area contributed by atoms with Gasteiger partial charge >= 0.3 is 0 Å². The zero-order valence-corrected chi connectivity index (χ0v) is 8.01. The Morgan fingerprint density at radius 1 is 1.38 bits per heavy atom. The van der Waals surface area contributed by atoms with Crippen molar-refractivity contribution in [3.05, 3.63) is 41.5 Å². The highest BCUT2D eigenvalue weighted by atomic mass is 35.5. The van der Waals surface area contributed by atoms with E-state index in [-0.39, 0.29) is 5.91 Å².